The third kappa shape index (κ3) is 12.1. The number of likely N-dealkylation sites (tertiary alicyclic amines) is 1. The monoisotopic (exact) mass is 808 g/mol. The van der Waals surface area contributed by atoms with Gasteiger partial charge in [0, 0.05) is 18.5 Å². The second-order valence-electron chi connectivity index (χ2n) is 15.5. The number of hydrogen-bond acceptors (Lipinski definition) is 8. The molecule has 6 N–H and O–H groups in total. The van der Waals surface area contributed by atoms with Crippen LogP contribution in [0.25, 0.3) is 0 Å². The molecule has 14 nitrogen and oxygen atoms in total. The molecule has 2 fully saturated rings. The average Bonchev–Trinajstić information content (AvgIpc) is 3.68. The van der Waals surface area contributed by atoms with Gasteiger partial charge in [0.25, 0.3) is 11.8 Å². The zero-order valence-corrected chi connectivity index (χ0v) is 34.0. The minimum Gasteiger partial charge on any atom is -0.372 e. The molecule has 0 aromatic heterocycles. The second-order valence-corrected chi connectivity index (χ2v) is 15.5. The van der Waals surface area contributed by atoms with Crippen LogP contribution in [-0.4, -0.2) is 83.4 Å². The fourth-order valence-electron chi connectivity index (χ4n) is 7.92. The molecule has 5 rings (SSSR count). The van der Waals surface area contributed by atoms with E-state index in [1.54, 1.807) is 43.3 Å². The van der Waals surface area contributed by atoms with Gasteiger partial charge in [-0.1, -0.05) is 111 Å². The predicted molar refractivity (Wildman–Crippen MR) is 220 cm³/mol. The van der Waals surface area contributed by atoms with Gasteiger partial charge in [-0.05, 0) is 61.8 Å². The number of benzene rings is 3. The number of carbonyl (C=O) groups excluding carboxylic acids is 7. The topological polar surface area (TPSA) is 206 Å². The number of nitrogens with one attached hydrogen (secondary N) is 4. The summed E-state index contributed by atoms with van der Waals surface area (Å²) in [5.41, 5.74) is 9.11. The summed E-state index contributed by atoms with van der Waals surface area (Å²) in [6, 6.07) is 18.9. The molecule has 2 aliphatic rings. The van der Waals surface area contributed by atoms with Gasteiger partial charge in [0.1, 0.15) is 18.1 Å². The highest BCUT2D eigenvalue weighted by molar-refractivity contribution is 6.38. The Morgan fingerprint density at radius 2 is 1.53 bits per heavy atom. The minimum absolute atomic E-state index is 0.0731. The molecular weight excluding hydrogens is 753 g/mol. The van der Waals surface area contributed by atoms with Gasteiger partial charge in [-0.2, -0.15) is 0 Å². The molecule has 3 aromatic rings. The molecular formula is C45H56N6O8. The first kappa shape index (κ1) is 44.2. The molecule has 1 saturated heterocycles. The van der Waals surface area contributed by atoms with E-state index in [0.29, 0.717) is 17.5 Å². The Morgan fingerprint density at radius 3 is 2.17 bits per heavy atom. The maximum Gasteiger partial charge on any atom is 0.290 e. The number of ketones is 1. The lowest BCUT2D eigenvalue weighted by molar-refractivity contribution is -0.143. The number of hydrogen-bond donors (Lipinski definition) is 5. The summed E-state index contributed by atoms with van der Waals surface area (Å²) in [7, 11) is 0. The lowest BCUT2D eigenvalue weighted by atomic mass is 9.83. The van der Waals surface area contributed by atoms with E-state index in [2.05, 4.69) is 21.3 Å². The van der Waals surface area contributed by atoms with E-state index in [0.717, 1.165) is 48.8 Å². The van der Waals surface area contributed by atoms with Crippen molar-refractivity contribution in [3.05, 3.63) is 107 Å². The molecule has 0 spiro atoms. The van der Waals surface area contributed by atoms with E-state index < -0.39 is 72.1 Å². The van der Waals surface area contributed by atoms with Crippen LogP contribution in [0.15, 0.2) is 78.9 Å². The molecule has 14 heteroatoms. The van der Waals surface area contributed by atoms with E-state index in [9.17, 15) is 33.6 Å². The smallest absolute Gasteiger partial charge is 0.290 e. The van der Waals surface area contributed by atoms with E-state index >= 15 is 0 Å². The molecule has 6 amide bonds. The molecule has 1 saturated carbocycles. The number of nitrogens with zero attached hydrogens (tertiary/aromatic N) is 1. The Bertz CT molecular complexity index is 1970. The van der Waals surface area contributed by atoms with Crippen LogP contribution in [0.2, 0.25) is 0 Å². The highest BCUT2D eigenvalue weighted by Crippen LogP contribution is 2.31. The maximum absolute atomic E-state index is 14.8. The minimum atomic E-state index is -1.27. The number of ether oxygens (including phenoxy) is 1. The number of rotatable bonds is 18. The van der Waals surface area contributed by atoms with Crippen LogP contribution >= 0.6 is 0 Å². The van der Waals surface area contributed by atoms with Gasteiger partial charge in [0.15, 0.2) is 0 Å². The van der Waals surface area contributed by atoms with Gasteiger partial charge in [-0.25, -0.2) is 0 Å². The van der Waals surface area contributed by atoms with E-state index in [4.69, 9.17) is 10.5 Å². The molecule has 1 aliphatic carbocycles. The number of Topliss-reactive ketones (excluding diaryl/α,β-unsaturated/α-hetero) is 1. The summed E-state index contributed by atoms with van der Waals surface area (Å²) in [5.74, 6) is -5.22. The Labute approximate surface area is 345 Å². The molecule has 1 aliphatic heterocycles. The van der Waals surface area contributed by atoms with Crippen molar-refractivity contribution in [3.63, 3.8) is 0 Å². The summed E-state index contributed by atoms with van der Waals surface area (Å²) in [6.45, 7) is 5.27. The van der Waals surface area contributed by atoms with Gasteiger partial charge >= 0.3 is 0 Å². The van der Waals surface area contributed by atoms with Crippen molar-refractivity contribution >= 4 is 41.2 Å². The van der Waals surface area contributed by atoms with Crippen molar-refractivity contribution in [3.8, 4) is 0 Å². The van der Waals surface area contributed by atoms with Crippen molar-refractivity contribution in [2.75, 3.05) is 13.1 Å². The van der Waals surface area contributed by atoms with Crippen LogP contribution in [0.1, 0.15) is 96.9 Å². The fraction of sp³-hybridized carbons (Fsp3) is 0.444. The summed E-state index contributed by atoms with van der Waals surface area (Å²) in [4.78, 5) is 95.7. The van der Waals surface area contributed by atoms with Gasteiger partial charge in [0.05, 0.1) is 25.3 Å². The number of amides is 6. The van der Waals surface area contributed by atoms with Crippen molar-refractivity contribution in [1.82, 2.24) is 26.2 Å². The summed E-state index contributed by atoms with van der Waals surface area (Å²) < 4.78 is 6.26. The summed E-state index contributed by atoms with van der Waals surface area (Å²) >= 11 is 0. The van der Waals surface area contributed by atoms with E-state index in [1.165, 1.54) is 4.90 Å². The average molecular weight is 809 g/mol. The second kappa shape index (κ2) is 21.2. The first-order valence-corrected chi connectivity index (χ1v) is 20.5. The number of aryl methyl sites for hydroxylation is 2. The third-order valence-electron chi connectivity index (χ3n) is 11.0. The predicted octanol–water partition coefficient (Wildman–Crippen LogP) is 3.48. The van der Waals surface area contributed by atoms with Gasteiger partial charge in [-0.15, -0.1) is 0 Å². The fourth-order valence-corrected chi connectivity index (χ4v) is 7.92. The number of nitrogens with two attached hydrogens (primary N) is 1. The van der Waals surface area contributed by atoms with Crippen LogP contribution in [0.4, 0.5) is 0 Å². The molecule has 1 heterocycles. The van der Waals surface area contributed by atoms with Crippen molar-refractivity contribution in [2.24, 2.45) is 11.7 Å². The van der Waals surface area contributed by atoms with Crippen LogP contribution in [0.3, 0.4) is 0 Å². The van der Waals surface area contributed by atoms with Crippen molar-refractivity contribution < 1.29 is 38.3 Å². The van der Waals surface area contributed by atoms with Crippen LogP contribution in [-0.2, 0) is 40.1 Å². The first-order valence-electron chi connectivity index (χ1n) is 20.5. The van der Waals surface area contributed by atoms with Gasteiger partial charge in [-0.3, -0.25) is 33.6 Å². The maximum atomic E-state index is 14.8. The summed E-state index contributed by atoms with van der Waals surface area (Å²) in [6.07, 6.45) is 4.41. The lowest BCUT2D eigenvalue weighted by Crippen LogP contribution is -2.58. The Morgan fingerprint density at radius 1 is 0.847 bits per heavy atom. The van der Waals surface area contributed by atoms with Crippen LogP contribution < -0.4 is 27.0 Å². The van der Waals surface area contributed by atoms with Crippen molar-refractivity contribution in [1.29, 1.82) is 0 Å². The molecule has 0 radical (unpaired) electrons. The molecule has 0 bridgehead atoms. The molecule has 5 atom stereocenters. The molecule has 314 valence electrons. The lowest BCUT2D eigenvalue weighted by Gasteiger charge is -2.35. The molecule has 59 heavy (non-hydrogen) atoms. The number of primary amides is 1. The van der Waals surface area contributed by atoms with E-state index in [-0.39, 0.29) is 37.8 Å². The van der Waals surface area contributed by atoms with Gasteiger partial charge < -0.3 is 36.6 Å². The highest BCUT2D eigenvalue weighted by atomic mass is 16.5. The highest BCUT2D eigenvalue weighted by Gasteiger charge is 2.45. The van der Waals surface area contributed by atoms with E-state index in [1.807, 2.05) is 56.3 Å². The molecule has 3 aromatic carbocycles. The number of carbonyl (C=O) groups is 7. The summed E-state index contributed by atoms with van der Waals surface area (Å²) in [5, 5.41) is 10.5. The first-order chi connectivity index (χ1) is 28.4. The van der Waals surface area contributed by atoms with Crippen LogP contribution in [0, 0.1) is 19.8 Å². The largest absolute Gasteiger partial charge is 0.372 e. The third-order valence-corrected chi connectivity index (χ3v) is 11.0. The Hall–Kier alpha value is -5.89. The quantitative estimate of drug-likeness (QED) is 0.120. The molecule has 5 unspecified atom stereocenters. The van der Waals surface area contributed by atoms with Crippen molar-refractivity contribution in [2.45, 2.75) is 109 Å². The SMILES string of the molecule is CCCC(NC(=O)C1CC(OCc2ccccc2)CN1C(=O)C(NC(=O)c1ccc(C)cc1C)C1CCCCC1)C(=O)C(=O)NCC(=O)NC(C(N)=O)c1ccccc1. The zero-order chi connectivity index (χ0) is 42.5. The standard InChI is InChI=1S/C45H56N6O8/c1-4-14-35(40(53)44(57)47-25-37(52)49-38(41(46)54)31-17-10-6-11-18-31)48-43(56)36-24-33(59-27-30-15-8-5-9-16-30)26-51(36)45(58)39(32-19-12-7-13-20-32)50-42(55)34-22-21-28(2)23-29(34)3/h5-6,8-11,15-18,21-23,32-33,35-36,38-39H,4,7,12-14,19-20,24-27H2,1-3H3,(H2,46,54)(H,47,57)(H,48,56)(H,49,52)(H,50,55). The zero-order valence-electron chi connectivity index (χ0n) is 34.0. The normalized spacial score (nSPS) is 18.2. The Balaban J connectivity index is 1.32. The Kier molecular flexibility index (Phi) is 15.9. The van der Waals surface area contributed by atoms with Crippen LogP contribution in [0.5, 0.6) is 0 Å². The van der Waals surface area contributed by atoms with Gasteiger partial charge in [0.2, 0.25) is 29.4 Å².